The molecule has 2 heterocycles. The van der Waals surface area contributed by atoms with Gasteiger partial charge in [0.1, 0.15) is 17.3 Å². The van der Waals surface area contributed by atoms with E-state index in [1.165, 1.54) is 37.5 Å². The van der Waals surface area contributed by atoms with Gasteiger partial charge in [0.15, 0.2) is 0 Å². The number of hydrogen-bond donors (Lipinski definition) is 2. The lowest BCUT2D eigenvalue weighted by Gasteiger charge is -2.28. The number of hydrogen-bond acceptors (Lipinski definition) is 5. The molecule has 0 saturated carbocycles. The summed E-state index contributed by atoms with van der Waals surface area (Å²) in [4.78, 5) is 27.7. The summed E-state index contributed by atoms with van der Waals surface area (Å²) in [6, 6.07) is 11.7. The second-order valence-electron chi connectivity index (χ2n) is 10.9. The van der Waals surface area contributed by atoms with Gasteiger partial charge in [-0.1, -0.05) is 30.3 Å². The summed E-state index contributed by atoms with van der Waals surface area (Å²) >= 11 is 0. The van der Waals surface area contributed by atoms with E-state index in [2.05, 4.69) is 4.74 Å². The number of carbonyl (C=O) groups is 2. The van der Waals surface area contributed by atoms with Crippen LogP contribution < -0.4 is 0 Å². The molecule has 1 saturated heterocycles. The van der Waals surface area contributed by atoms with Gasteiger partial charge >= 0.3 is 5.97 Å². The predicted molar refractivity (Wildman–Crippen MR) is 158 cm³/mol. The van der Waals surface area contributed by atoms with E-state index in [0.29, 0.717) is 46.7 Å². The summed E-state index contributed by atoms with van der Waals surface area (Å²) in [7, 11) is 1.23. The van der Waals surface area contributed by atoms with Crippen molar-refractivity contribution in [3.05, 3.63) is 77.6 Å². The lowest BCUT2D eigenvalue weighted by molar-refractivity contribution is -0.143. The maximum Gasteiger partial charge on any atom is 0.308 e. The number of aliphatic hydroxyl groups is 2. The van der Waals surface area contributed by atoms with Crippen LogP contribution in [0.1, 0.15) is 68.2 Å². The zero-order valence-corrected chi connectivity index (χ0v) is 24.2. The fraction of sp³-hybridized carbons (Fsp3) is 0.394. The highest BCUT2D eigenvalue weighted by Gasteiger charge is 2.32. The normalized spacial score (nSPS) is 15.3. The van der Waals surface area contributed by atoms with Gasteiger partial charge in [-0.2, -0.15) is 0 Å². The summed E-state index contributed by atoms with van der Waals surface area (Å²) in [5.41, 5.74) is 3.51. The van der Waals surface area contributed by atoms with Gasteiger partial charge in [-0.15, -0.1) is 0 Å². The van der Waals surface area contributed by atoms with Gasteiger partial charge in [0.25, 0.3) is 5.91 Å². The molecule has 224 valence electrons. The molecule has 3 aromatic rings. The highest BCUT2D eigenvalue weighted by molar-refractivity contribution is 6.06. The molecule has 1 fully saturated rings. The van der Waals surface area contributed by atoms with E-state index >= 15 is 0 Å². The summed E-state index contributed by atoms with van der Waals surface area (Å²) in [5, 5.41) is 21.0. The first kappa shape index (κ1) is 31.1. The summed E-state index contributed by atoms with van der Waals surface area (Å²) in [6.07, 6.45) is 3.45. The van der Waals surface area contributed by atoms with E-state index in [0.717, 1.165) is 19.3 Å². The minimum atomic E-state index is -1.11. The lowest BCUT2D eigenvalue weighted by atomic mass is 9.94. The molecule has 0 radical (unpaired) electrons. The largest absolute Gasteiger partial charge is 0.469 e. The predicted octanol–water partition coefficient (Wildman–Crippen LogP) is 6.00. The molecule has 0 aliphatic carbocycles. The Morgan fingerprint density at radius 2 is 1.45 bits per heavy atom. The molecule has 1 aromatic heterocycles. The maximum atomic E-state index is 14.3. The Labute approximate surface area is 245 Å². The molecular weight excluding hydrogens is 542 g/mol. The van der Waals surface area contributed by atoms with Gasteiger partial charge in [0, 0.05) is 42.4 Å². The van der Waals surface area contributed by atoms with Crippen LogP contribution in [0.5, 0.6) is 0 Å². The van der Waals surface area contributed by atoms with E-state index < -0.39 is 29.8 Å². The molecule has 4 rings (SSSR count). The van der Waals surface area contributed by atoms with Gasteiger partial charge in [-0.25, -0.2) is 8.78 Å². The third kappa shape index (κ3) is 7.14. The zero-order valence-electron chi connectivity index (χ0n) is 24.2. The highest BCUT2D eigenvalue weighted by Crippen LogP contribution is 2.43. The average Bonchev–Trinajstić information content (AvgIpc) is 3.32. The van der Waals surface area contributed by atoms with Gasteiger partial charge in [0.2, 0.25) is 0 Å². The van der Waals surface area contributed by atoms with E-state index in [-0.39, 0.29) is 24.8 Å². The molecule has 0 unspecified atom stereocenters. The highest BCUT2D eigenvalue weighted by atomic mass is 19.1. The van der Waals surface area contributed by atoms with Crippen LogP contribution in [0.25, 0.3) is 28.3 Å². The number of piperidine rings is 1. The number of rotatable bonds is 10. The van der Waals surface area contributed by atoms with E-state index in [9.17, 15) is 28.6 Å². The van der Waals surface area contributed by atoms with Crippen LogP contribution in [0.2, 0.25) is 0 Å². The Kier molecular flexibility index (Phi) is 10.3. The van der Waals surface area contributed by atoms with Crippen LogP contribution >= 0.6 is 0 Å². The molecule has 0 bridgehead atoms. The van der Waals surface area contributed by atoms with Crippen LogP contribution in [0.4, 0.5) is 8.78 Å². The summed E-state index contributed by atoms with van der Waals surface area (Å²) in [5.74, 6) is -1.57. The molecule has 1 aliphatic heterocycles. The Morgan fingerprint density at radius 3 is 1.98 bits per heavy atom. The fourth-order valence-electron chi connectivity index (χ4n) is 5.49. The first-order valence-electron chi connectivity index (χ1n) is 14.3. The van der Waals surface area contributed by atoms with Crippen molar-refractivity contribution in [1.29, 1.82) is 0 Å². The number of ether oxygens (including phenoxy) is 1. The standard InChI is InChI=1S/C33H38F2N2O5/c1-21(2)37-28(16-15-26(38)19-27(39)20-29(40)42-3)30(22-7-11-24(34)12-8-22)31(23-9-13-25(35)14-10-23)32(37)33(41)36-17-5-4-6-18-36/h7-16,21,26-27,38-39H,4-6,17-20H2,1-3H3/b16-15+/t26-,27-/m1/s1. The third-order valence-electron chi connectivity index (χ3n) is 7.49. The van der Waals surface area contributed by atoms with E-state index in [1.54, 1.807) is 30.3 Å². The number of benzene rings is 2. The number of nitrogens with zero attached hydrogens (tertiary/aromatic N) is 2. The van der Waals surface area contributed by atoms with Crippen LogP contribution in [0.15, 0.2) is 54.6 Å². The quantitative estimate of drug-likeness (QED) is 0.287. The second kappa shape index (κ2) is 13.9. The van der Waals surface area contributed by atoms with Gasteiger partial charge in [-0.05, 0) is 74.6 Å². The SMILES string of the molecule is COC(=O)C[C@H](O)C[C@H](O)/C=C/c1c(-c2ccc(F)cc2)c(-c2ccc(F)cc2)c(C(=O)N2CCCCC2)n1C(C)C. The molecule has 42 heavy (non-hydrogen) atoms. The third-order valence-corrected chi connectivity index (χ3v) is 7.49. The van der Waals surface area contributed by atoms with E-state index in [4.69, 9.17) is 0 Å². The van der Waals surface area contributed by atoms with Crippen molar-refractivity contribution in [2.24, 2.45) is 0 Å². The molecule has 9 heteroatoms. The second-order valence-corrected chi connectivity index (χ2v) is 10.9. The van der Waals surface area contributed by atoms with Crippen LogP contribution in [-0.4, -0.2) is 64.0 Å². The van der Waals surface area contributed by atoms with Crippen LogP contribution in [-0.2, 0) is 9.53 Å². The van der Waals surface area contributed by atoms with Crippen molar-refractivity contribution in [3.8, 4) is 22.3 Å². The van der Waals surface area contributed by atoms with Crippen molar-refractivity contribution in [1.82, 2.24) is 9.47 Å². The Morgan fingerprint density at radius 1 is 0.905 bits per heavy atom. The number of methoxy groups -OCH3 is 1. The number of halogens is 2. The number of esters is 1. The van der Waals surface area contributed by atoms with Gasteiger partial charge in [0.05, 0.1) is 25.7 Å². The zero-order chi connectivity index (χ0) is 30.4. The first-order valence-corrected chi connectivity index (χ1v) is 14.3. The van der Waals surface area contributed by atoms with Crippen molar-refractivity contribution in [2.45, 2.75) is 64.2 Å². The van der Waals surface area contributed by atoms with Crippen molar-refractivity contribution in [2.75, 3.05) is 20.2 Å². The van der Waals surface area contributed by atoms with Crippen LogP contribution in [0.3, 0.4) is 0 Å². The Bertz CT molecular complexity index is 1410. The maximum absolute atomic E-state index is 14.3. The monoisotopic (exact) mass is 580 g/mol. The topological polar surface area (TPSA) is 92.0 Å². The number of aromatic nitrogens is 1. The molecule has 2 atom stereocenters. The summed E-state index contributed by atoms with van der Waals surface area (Å²) in [6.45, 7) is 5.14. The van der Waals surface area contributed by atoms with E-state index in [1.807, 2.05) is 23.3 Å². The number of aliphatic hydroxyl groups excluding tert-OH is 2. The molecule has 2 aromatic carbocycles. The average molecular weight is 581 g/mol. The summed E-state index contributed by atoms with van der Waals surface area (Å²) < 4.78 is 34.6. The molecule has 7 nitrogen and oxygen atoms in total. The van der Waals surface area contributed by atoms with Gasteiger partial charge in [-0.3, -0.25) is 9.59 Å². The number of carbonyl (C=O) groups excluding carboxylic acids is 2. The van der Waals surface area contributed by atoms with Crippen molar-refractivity contribution in [3.63, 3.8) is 0 Å². The first-order chi connectivity index (χ1) is 20.1. The fourth-order valence-corrected chi connectivity index (χ4v) is 5.49. The number of likely N-dealkylation sites (tertiary alicyclic amines) is 1. The molecule has 0 spiro atoms. The molecule has 1 aliphatic rings. The minimum absolute atomic E-state index is 0.107. The lowest BCUT2D eigenvalue weighted by Crippen LogP contribution is -2.37. The smallest absolute Gasteiger partial charge is 0.308 e. The van der Waals surface area contributed by atoms with Gasteiger partial charge < -0.3 is 24.4 Å². The molecular formula is C33H38F2N2O5. The minimum Gasteiger partial charge on any atom is -0.469 e. The molecule has 1 amide bonds. The Balaban J connectivity index is 1.94. The van der Waals surface area contributed by atoms with Crippen molar-refractivity contribution < 1.29 is 33.3 Å². The molecule has 2 N–H and O–H groups in total. The van der Waals surface area contributed by atoms with Crippen LogP contribution in [0, 0.1) is 11.6 Å². The van der Waals surface area contributed by atoms with Crippen molar-refractivity contribution >= 4 is 18.0 Å². The Hall–Kier alpha value is -3.82. The number of amides is 1.